The fourth-order valence-electron chi connectivity index (χ4n) is 1.58. The molecule has 3 nitrogen and oxygen atoms in total. The Balaban J connectivity index is 3.01. The van der Waals surface area contributed by atoms with Gasteiger partial charge < -0.3 is 0 Å². The summed E-state index contributed by atoms with van der Waals surface area (Å²) in [5, 5.41) is 0. The van der Waals surface area contributed by atoms with Crippen molar-refractivity contribution in [2.45, 2.75) is 33.7 Å². The molecule has 0 aromatic carbocycles. The Morgan fingerprint density at radius 2 is 2.00 bits per heavy atom. The minimum absolute atomic E-state index is 0.0875. The van der Waals surface area contributed by atoms with Crippen LogP contribution in [0, 0.1) is 12.3 Å². The molecule has 0 aliphatic carbocycles. The van der Waals surface area contributed by atoms with Gasteiger partial charge in [-0.05, 0) is 23.5 Å². The fourth-order valence-corrected chi connectivity index (χ4v) is 1.58. The number of rotatable bonds is 2. The van der Waals surface area contributed by atoms with Gasteiger partial charge in [0.15, 0.2) is 0 Å². The molecule has 0 bridgehead atoms. The second kappa shape index (κ2) is 4.07. The van der Waals surface area contributed by atoms with E-state index in [2.05, 4.69) is 37.2 Å². The molecular weight excluding hydrogens is 174 g/mol. The Hall–Kier alpha value is -0.930. The molecule has 1 heterocycles. The summed E-state index contributed by atoms with van der Waals surface area (Å²) in [4.78, 5) is 4.17. The van der Waals surface area contributed by atoms with Crippen molar-refractivity contribution in [3.63, 3.8) is 0 Å². The molecule has 0 amide bonds. The number of pyridine rings is 1. The van der Waals surface area contributed by atoms with Crippen molar-refractivity contribution in [3.05, 3.63) is 29.6 Å². The summed E-state index contributed by atoms with van der Waals surface area (Å²) < 4.78 is 0. The lowest BCUT2D eigenvalue weighted by Crippen LogP contribution is -2.36. The number of nitrogens with one attached hydrogen (secondary N) is 1. The van der Waals surface area contributed by atoms with E-state index in [1.165, 1.54) is 0 Å². The molecule has 0 fully saturated rings. The van der Waals surface area contributed by atoms with E-state index in [4.69, 9.17) is 5.84 Å². The van der Waals surface area contributed by atoms with Crippen LogP contribution >= 0.6 is 0 Å². The zero-order valence-corrected chi connectivity index (χ0v) is 9.33. The van der Waals surface area contributed by atoms with Gasteiger partial charge in [-0.1, -0.05) is 26.8 Å². The molecule has 0 radical (unpaired) electrons. The molecule has 0 saturated carbocycles. The normalized spacial score (nSPS) is 14.1. The maximum absolute atomic E-state index is 5.56. The Morgan fingerprint density at radius 1 is 1.36 bits per heavy atom. The number of hydrogen-bond acceptors (Lipinski definition) is 3. The molecular formula is C11H19N3. The van der Waals surface area contributed by atoms with Gasteiger partial charge in [0.05, 0.1) is 6.04 Å². The third-order valence-corrected chi connectivity index (χ3v) is 2.26. The summed E-state index contributed by atoms with van der Waals surface area (Å²) in [6, 6.07) is 2.25. The van der Waals surface area contributed by atoms with Crippen molar-refractivity contribution in [1.29, 1.82) is 0 Å². The highest BCUT2D eigenvalue weighted by atomic mass is 15.2. The van der Waals surface area contributed by atoms with E-state index in [1.807, 2.05) is 19.3 Å². The number of aryl methyl sites for hydroxylation is 1. The first-order valence-corrected chi connectivity index (χ1v) is 4.83. The Labute approximate surface area is 85.7 Å². The molecule has 1 aromatic heterocycles. The first-order chi connectivity index (χ1) is 6.45. The Kier molecular flexibility index (Phi) is 3.24. The van der Waals surface area contributed by atoms with Crippen molar-refractivity contribution in [2.24, 2.45) is 11.3 Å². The Morgan fingerprint density at radius 3 is 2.43 bits per heavy atom. The average Bonchev–Trinajstić information content (AvgIpc) is 2.02. The molecule has 0 spiro atoms. The van der Waals surface area contributed by atoms with Crippen molar-refractivity contribution in [3.8, 4) is 0 Å². The minimum atomic E-state index is 0.0875. The maximum atomic E-state index is 5.56. The molecule has 1 atom stereocenters. The molecule has 14 heavy (non-hydrogen) atoms. The summed E-state index contributed by atoms with van der Waals surface area (Å²) in [6.07, 6.45) is 3.71. The topological polar surface area (TPSA) is 50.9 Å². The van der Waals surface area contributed by atoms with E-state index in [1.54, 1.807) is 0 Å². The molecule has 1 aromatic rings. The van der Waals surface area contributed by atoms with E-state index >= 15 is 0 Å². The van der Waals surface area contributed by atoms with Gasteiger partial charge in [-0.3, -0.25) is 16.3 Å². The predicted octanol–water partition coefficient (Wildman–Crippen LogP) is 1.94. The molecule has 0 aliphatic rings. The van der Waals surface area contributed by atoms with E-state index < -0.39 is 0 Å². The number of nitrogens with zero attached hydrogens (tertiary/aromatic N) is 1. The van der Waals surface area contributed by atoms with Crippen LogP contribution in [0.3, 0.4) is 0 Å². The summed E-state index contributed by atoms with van der Waals surface area (Å²) in [5.41, 5.74) is 5.23. The van der Waals surface area contributed by atoms with Crippen molar-refractivity contribution >= 4 is 0 Å². The SMILES string of the molecule is Cc1cncc(C(NN)C(C)(C)C)c1. The highest BCUT2D eigenvalue weighted by Crippen LogP contribution is 2.31. The quantitative estimate of drug-likeness (QED) is 0.557. The summed E-state index contributed by atoms with van der Waals surface area (Å²) in [6.45, 7) is 8.49. The molecule has 3 heteroatoms. The smallest absolute Gasteiger partial charge is 0.0523 e. The maximum Gasteiger partial charge on any atom is 0.0523 e. The summed E-state index contributed by atoms with van der Waals surface area (Å²) in [7, 11) is 0. The largest absolute Gasteiger partial charge is 0.271 e. The van der Waals surface area contributed by atoms with Crippen LogP contribution in [0.5, 0.6) is 0 Å². The number of nitrogens with two attached hydrogens (primary N) is 1. The first-order valence-electron chi connectivity index (χ1n) is 4.83. The van der Waals surface area contributed by atoms with Crippen molar-refractivity contribution < 1.29 is 0 Å². The number of hydrogen-bond donors (Lipinski definition) is 2. The second-order valence-electron chi connectivity index (χ2n) is 4.76. The van der Waals surface area contributed by atoms with E-state index in [-0.39, 0.29) is 11.5 Å². The van der Waals surface area contributed by atoms with Gasteiger partial charge in [0.2, 0.25) is 0 Å². The third kappa shape index (κ3) is 2.53. The van der Waals surface area contributed by atoms with Gasteiger partial charge in [-0.2, -0.15) is 0 Å². The van der Waals surface area contributed by atoms with Crippen LogP contribution < -0.4 is 11.3 Å². The van der Waals surface area contributed by atoms with Gasteiger partial charge in [0, 0.05) is 12.4 Å². The van der Waals surface area contributed by atoms with Crippen LogP contribution in [0.15, 0.2) is 18.5 Å². The van der Waals surface area contributed by atoms with Crippen LogP contribution in [-0.2, 0) is 0 Å². The molecule has 0 saturated heterocycles. The van der Waals surface area contributed by atoms with E-state index in [0.29, 0.717) is 0 Å². The van der Waals surface area contributed by atoms with Gasteiger partial charge in [-0.15, -0.1) is 0 Å². The lowest BCUT2D eigenvalue weighted by Gasteiger charge is -2.30. The van der Waals surface area contributed by atoms with Crippen LogP contribution in [-0.4, -0.2) is 4.98 Å². The van der Waals surface area contributed by atoms with Crippen LogP contribution in [0.25, 0.3) is 0 Å². The molecule has 1 rings (SSSR count). The lowest BCUT2D eigenvalue weighted by molar-refractivity contribution is 0.275. The van der Waals surface area contributed by atoms with E-state index in [0.717, 1.165) is 11.1 Å². The molecule has 78 valence electrons. The molecule has 0 aliphatic heterocycles. The summed E-state index contributed by atoms with van der Waals surface area (Å²) >= 11 is 0. The van der Waals surface area contributed by atoms with E-state index in [9.17, 15) is 0 Å². The first kappa shape index (κ1) is 11.1. The fraction of sp³-hybridized carbons (Fsp3) is 0.545. The third-order valence-electron chi connectivity index (χ3n) is 2.26. The highest BCUT2D eigenvalue weighted by Gasteiger charge is 2.25. The summed E-state index contributed by atoms with van der Waals surface area (Å²) in [5.74, 6) is 5.56. The lowest BCUT2D eigenvalue weighted by atomic mass is 9.83. The Bertz CT molecular complexity index is 302. The van der Waals surface area contributed by atoms with Gasteiger partial charge >= 0.3 is 0 Å². The van der Waals surface area contributed by atoms with Gasteiger partial charge in [-0.25, -0.2) is 0 Å². The standard InChI is InChI=1S/C11H19N3/c1-8-5-9(7-13-6-8)10(14-12)11(2,3)4/h5-7,10,14H,12H2,1-4H3. The van der Waals surface area contributed by atoms with Crippen molar-refractivity contribution in [2.75, 3.05) is 0 Å². The van der Waals surface area contributed by atoms with Gasteiger partial charge in [0.25, 0.3) is 0 Å². The number of hydrazine groups is 1. The monoisotopic (exact) mass is 193 g/mol. The second-order valence-corrected chi connectivity index (χ2v) is 4.76. The van der Waals surface area contributed by atoms with Gasteiger partial charge in [0.1, 0.15) is 0 Å². The number of aromatic nitrogens is 1. The average molecular weight is 193 g/mol. The molecule has 1 unspecified atom stereocenters. The minimum Gasteiger partial charge on any atom is -0.271 e. The predicted molar refractivity (Wildman–Crippen MR) is 58.5 cm³/mol. The van der Waals surface area contributed by atoms with Crippen LogP contribution in [0.1, 0.15) is 37.9 Å². The van der Waals surface area contributed by atoms with Crippen LogP contribution in [0.4, 0.5) is 0 Å². The van der Waals surface area contributed by atoms with Crippen molar-refractivity contribution in [1.82, 2.24) is 10.4 Å². The zero-order valence-electron chi connectivity index (χ0n) is 9.33. The molecule has 3 N–H and O–H groups in total. The zero-order chi connectivity index (χ0) is 10.8. The highest BCUT2D eigenvalue weighted by molar-refractivity contribution is 5.21. The van der Waals surface area contributed by atoms with Crippen LogP contribution in [0.2, 0.25) is 0 Å².